The smallest absolute Gasteiger partial charge is 0.0140 e. The Labute approximate surface area is 597 Å². The highest BCUT2D eigenvalue weighted by molar-refractivity contribution is 7.09. The number of aromatic nitrogens is 1. The molecule has 0 unspecified atom stereocenters. The van der Waals surface area contributed by atoms with E-state index in [1.165, 1.54) is 132 Å². The Balaban J connectivity index is 0.000000157. The lowest BCUT2D eigenvalue weighted by atomic mass is 9.98. The molecule has 0 atom stereocenters. The molecule has 0 aliphatic heterocycles. The van der Waals surface area contributed by atoms with Crippen molar-refractivity contribution in [2.24, 2.45) is 7.05 Å². The minimum Gasteiger partial charge on any atom is -0.355 e. The minimum absolute atomic E-state index is 1.28. The molecule has 0 bridgehead atoms. The molecule has 0 saturated carbocycles. The lowest BCUT2D eigenvalue weighted by Crippen LogP contribution is -1.84. The molecule has 0 aliphatic carbocycles. The Morgan fingerprint density at radius 2 is 0.596 bits per heavy atom. The van der Waals surface area contributed by atoms with Gasteiger partial charge in [-0.3, -0.25) is 0 Å². The van der Waals surface area contributed by atoms with Gasteiger partial charge in [0.2, 0.25) is 0 Å². The Morgan fingerprint density at radius 1 is 0.212 bits per heavy atom. The van der Waals surface area contributed by atoms with Crippen molar-refractivity contribution in [2.45, 2.75) is 83.1 Å². The first-order chi connectivity index (χ1) is 48.0. The first-order valence-corrected chi connectivity index (χ1v) is 35.0. The Kier molecular flexibility index (Phi) is 31.5. The molecule has 0 saturated heterocycles. The summed E-state index contributed by atoms with van der Waals surface area (Å²) in [6.45, 7) is 25.3. The van der Waals surface area contributed by atoms with Crippen molar-refractivity contribution < 1.29 is 0 Å². The second kappa shape index (κ2) is 41.3. The zero-order chi connectivity index (χ0) is 70.6. The van der Waals surface area contributed by atoms with Crippen molar-refractivity contribution in [3.63, 3.8) is 0 Å². The van der Waals surface area contributed by atoms with Crippen LogP contribution in [0.25, 0.3) is 65.3 Å². The van der Waals surface area contributed by atoms with E-state index in [9.17, 15) is 0 Å². The van der Waals surface area contributed by atoms with Crippen LogP contribution in [0.15, 0.2) is 363 Å². The van der Waals surface area contributed by atoms with Crippen LogP contribution in [0, 0.1) is 83.1 Å². The number of aryl methyl sites for hydroxylation is 13. The molecule has 498 valence electrons. The Morgan fingerprint density at radius 3 is 1.05 bits per heavy atom. The molecule has 0 amide bonds. The van der Waals surface area contributed by atoms with Gasteiger partial charge in [0.05, 0.1) is 0 Å². The summed E-state index contributed by atoms with van der Waals surface area (Å²) >= 11 is 1.78. The average molecular weight is 1310 g/mol. The molecule has 0 N–H and O–H groups in total. The summed E-state index contributed by atoms with van der Waals surface area (Å²) in [4.78, 5) is 1.38. The Bertz CT molecular complexity index is 4760. The van der Waals surface area contributed by atoms with E-state index >= 15 is 0 Å². The van der Waals surface area contributed by atoms with Crippen LogP contribution in [0.4, 0.5) is 0 Å². The van der Waals surface area contributed by atoms with Crippen LogP contribution in [-0.2, 0) is 7.05 Å². The molecule has 2 heterocycles. The van der Waals surface area contributed by atoms with Gasteiger partial charge in [-0.2, -0.15) is 0 Å². The van der Waals surface area contributed by atoms with Crippen molar-refractivity contribution in [3.05, 3.63) is 430 Å². The van der Waals surface area contributed by atoms with Crippen LogP contribution in [0.1, 0.15) is 66.2 Å². The third-order valence-electron chi connectivity index (χ3n) is 16.4. The maximum absolute atomic E-state index is 2.26. The van der Waals surface area contributed by atoms with E-state index in [1.54, 1.807) is 11.3 Å². The van der Waals surface area contributed by atoms with Crippen LogP contribution < -0.4 is 0 Å². The molecule has 0 spiro atoms. The van der Waals surface area contributed by atoms with E-state index in [2.05, 4.69) is 408 Å². The van der Waals surface area contributed by atoms with E-state index < -0.39 is 0 Å². The monoisotopic (exact) mass is 1310 g/mol. The summed E-state index contributed by atoms with van der Waals surface area (Å²) in [5, 5.41) is 12.8. The first-order valence-electron chi connectivity index (χ1n) is 34.2. The van der Waals surface area contributed by atoms with Gasteiger partial charge >= 0.3 is 0 Å². The topological polar surface area (TPSA) is 4.93 Å². The lowest BCUT2D eigenvalue weighted by molar-refractivity contribution is 0.882. The van der Waals surface area contributed by atoms with Crippen molar-refractivity contribution >= 4 is 54.4 Å². The summed E-state index contributed by atoms with van der Waals surface area (Å²) in [5.74, 6) is 0. The molecule has 2 heteroatoms. The van der Waals surface area contributed by atoms with E-state index in [-0.39, 0.29) is 0 Å². The highest BCUT2D eigenvalue weighted by Crippen LogP contribution is 2.28. The predicted octanol–water partition coefficient (Wildman–Crippen LogP) is 27.9. The Hall–Kier alpha value is -10.9. The molecule has 1 nitrogen and oxygen atoms in total. The van der Waals surface area contributed by atoms with Crippen LogP contribution >= 0.6 is 11.3 Å². The van der Waals surface area contributed by atoms with Crippen LogP contribution in [0.3, 0.4) is 0 Å². The van der Waals surface area contributed by atoms with Crippen molar-refractivity contribution in [3.8, 4) is 22.3 Å². The molecular formula is C97H99NS. The van der Waals surface area contributed by atoms with E-state index in [4.69, 9.17) is 0 Å². The van der Waals surface area contributed by atoms with Gasteiger partial charge in [-0.25, -0.2) is 0 Å². The van der Waals surface area contributed by atoms with E-state index in [1.807, 2.05) is 49.6 Å². The number of benzene rings is 14. The van der Waals surface area contributed by atoms with E-state index in [0.717, 1.165) is 0 Å². The zero-order valence-electron chi connectivity index (χ0n) is 60.5. The molecule has 16 aromatic rings. The number of fused-ring (bicyclic) bond motifs is 5. The maximum Gasteiger partial charge on any atom is 0.0140 e. The highest BCUT2D eigenvalue weighted by Gasteiger charge is 2.02. The fraction of sp³-hybridized carbons (Fsp3) is 0.134. The van der Waals surface area contributed by atoms with Gasteiger partial charge in [0.25, 0.3) is 0 Å². The minimum atomic E-state index is 1.28. The van der Waals surface area contributed by atoms with Crippen molar-refractivity contribution in [1.82, 2.24) is 4.57 Å². The number of nitrogens with zero attached hydrogens (tertiary/aromatic N) is 1. The summed E-state index contributed by atoms with van der Waals surface area (Å²) in [7, 11) is 2.04. The standard InChI is InChI=1S/C15H12.2C13H12.2C11H10.2C8H10.C7H8.C6H9N.C5H6S/c1-11-10-12-6-2-3-8-14(12)15-9-5-4-7-13(11)15;1-11-6-5-9-13(10-11)12-7-3-2-4-8-12;1-11-7-9-13(10-8-11)12-5-3-2-4-6-12;1-9-5-4-7-10-6-2-3-8-11(9)10;1-9-6-7-10-4-2-3-5-11(10)8-9;2*1-7-3-5-8(2)6-4-7;1-7-5-3-2-4-6-7;1-6-4-3-5-7(6)2;1-5-3-2-4-6-5/h2-10H,1H3;2*2-10H,1H3;2*2-8H,1H3;2*3-6H,1-2H3;2-6H,1H3;3-5H,1-2H3;2-4H,1H3. The van der Waals surface area contributed by atoms with Crippen LogP contribution in [0.5, 0.6) is 0 Å². The fourth-order valence-electron chi connectivity index (χ4n) is 10.5. The third-order valence-corrected chi connectivity index (χ3v) is 17.2. The predicted molar refractivity (Wildman–Crippen MR) is 439 cm³/mol. The largest absolute Gasteiger partial charge is 0.355 e. The number of thiophene rings is 1. The summed E-state index contributed by atoms with van der Waals surface area (Å²) in [5.41, 5.74) is 19.7. The quantitative estimate of drug-likeness (QED) is 0.152. The normalized spacial score (nSPS) is 9.87. The number of hydrogen-bond donors (Lipinski definition) is 0. The molecule has 99 heavy (non-hydrogen) atoms. The van der Waals surface area contributed by atoms with Gasteiger partial charge in [-0.05, 0) is 183 Å². The van der Waals surface area contributed by atoms with E-state index in [0.29, 0.717) is 0 Å². The van der Waals surface area contributed by atoms with Gasteiger partial charge < -0.3 is 4.57 Å². The first kappa shape index (κ1) is 75.5. The van der Waals surface area contributed by atoms with Gasteiger partial charge in [-0.1, -0.05) is 378 Å². The molecule has 16 rings (SSSR count). The molecule has 0 fully saturated rings. The van der Waals surface area contributed by atoms with Gasteiger partial charge in [0, 0.05) is 23.8 Å². The maximum atomic E-state index is 2.26. The molecule has 0 radical (unpaired) electrons. The summed E-state index contributed by atoms with van der Waals surface area (Å²) in [6.07, 6.45) is 2.04. The summed E-state index contributed by atoms with van der Waals surface area (Å²) in [6, 6.07) is 123. The van der Waals surface area contributed by atoms with Gasteiger partial charge in [0.15, 0.2) is 0 Å². The van der Waals surface area contributed by atoms with Crippen LogP contribution in [0.2, 0.25) is 0 Å². The third kappa shape index (κ3) is 26.9. The average Bonchev–Trinajstić information content (AvgIpc) is 1.72. The molecule has 14 aromatic carbocycles. The lowest BCUT2D eigenvalue weighted by Gasteiger charge is -2.06. The van der Waals surface area contributed by atoms with Crippen molar-refractivity contribution in [2.75, 3.05) is 0 Å². The number of rotatable bonds is 2. The molecule has 2 aromatic heterocycles. The molecular weight excluding hydrogens is 1210 g/mol. The number of hydrogen-bond acceptors (Lipinski definition) is 1. The second-order valence-corrected chi connectivity index (χ2v) is 26.2. The van der Waals surface area contributed by atoms with Gasteiger partial charge in [0.1, 0.15) is 0 Å². The van der Waals surface area contributed by atoms with Crippen LogP contribution in [-0.4, -0.2) is 4.57 Å². The SMILES string of the molecule is Cc1cc2ccccc2c2ccccc12.Cc1ccc(-c2ccccc2)cc1.Cc1ccc(C)cc1.Cc1ccc(C)cc1.Cc1ccc2ccccc2c1.Cc1cccc(-c2ccccc2)c1.Cc1cccc2ccccc12.Cc1ccccc1.Cc1cccn1C.Cc1cccs1. The zero-order valence-corrected chi connectivity index (χ0v) is 61.3. The van der Waals surface area contributed by atoms with Gasteiger partial charge in [-0.15, -0.1) is 11.3 Å². The summed E-state index contributed by atoms with van der Waals surface area (Å²) < 4.78 is 2.08. The highest BCUT2D eigenvalue weighted by atomic mass is 32.1. The van der Waals surface area contributed by atoms with Crippen molar-refractivity contribution in [1.29, 1.82) is 0 Å². The molecule has 0 aliphatic rings. The fourth-order valence-corrected chi connectivity index (χ4v) is 11.0. The second-order valence-electron chi connectivity index (χ2n) is 25.0.